The van der Waals surface area contributed by atoms with Crippen molar-refractivity contribution in [1.29, 1.82) is 0 Å². The number of hydrogen-bond acceptors (Lipinski definition) is 3. The molecule has 1 rings (SSSR count). The highest BCUT2D eigenvalue weighted by Gasteiger charge is 2.15. The maximum Gasteiger partial charge on any atom is 0.214 e. The minimum Gasteiger partial charge on any atom is -0.465 e. The lowest BCUT2D eigenvalue weighted by Gasteiger charge is -2.07. The predicted molar refractivity (Wildman–Crippen MR) is 54.3 cm³/mol. The number of rotatable bonds is 4. The average molecular weight is 217 g/mol. The van der Waals surface area contributed by atoms with Gasteiger partial charge in [0.1, 0.15) is 11.5 Å². The molecule has 4 nitrogen and oxygen atoms in total. The quantitative estimate of drug-likeness (QED) is 0.829. The molecule has 0 radical (unpaired) electrons. The van der Waals surface area contributed by atoms with Gasteiger partial charge in [0, 0.05) is 0 Å². The van der Waals surface area contributed by atoms with Crippen LogP contribution >= 0.6 is 0 Å². The summed E-state index contributed by atoms with van der Waals surface area (Å²) in [7, 11) is -3.20. The molecule has 1 heterocycles. The highest BCUT2D eigenvalue weighted by Crippen LogP contribution is 2.06. The van der Waals surface area contributed by atoms with E-state index in [0.29, 0.717) is 5.76 Å². The lowest BCUT2D eigenvalue weighted by Crippen LogP contribution is -2.30. The van der Waals surface area contributed by atoms with E-state index in [1.807, 2.05) is 6.92 Å². The minimum absolute atomic E-state index is 0.217. The van der Waals surface area contributed by atoms with Crippen molar-refractivity contribution in [1.82, 2.24) is 4.72 Å². The fraction of sp³-hybridized carbons (Fsp3) is 0.556. The molecule has 0 saturated carbocycles. The van der Waals surface area contributed by atoms with Gasteiger partial charge in [-0.2, -0.15) is 0 Å². The molecule has 80 valence electrons. The molecule has 0 aliphatic rings. The third kappa shape index (κ3) is 2.85. The first-order valence-corrected chi connectivity index (χ1v) is 6.00. The molecule has 1 aromatic rings. The van der Waals surface area contributed by atoms with Crippen molar-refractivity contribution in [3.63, 3.8) is 0 Å². The summed E-state index contributed by atoms with van der Waals surface area (Å²) >= 11 is 0. The number of nitrogens with one attached hydrogen (secondary N) is 1. The van der Waals surface area contributed by atoms with Crippen molar-refractivity contribution in [2.45, 2.75) is 32.6 Å². The van der Waals surface area contributed by atoms with Gasteiger partial charge in [0.15, 0.2) is 0 Å². The highest BCUT2D eigenvalue weighted by atomic mass is 32.2. The smallest absolute Gasteiger partial charge is 0.214 e. The number of hydrogen-bond donors (Lipinski definition) is 1. The maximum atomic E-state index is 11.4. The van der Waals surface area contributed by atoms with Gasteiger partial charge in [-0.05, 0) is 32.9 Å². The van der Waals surface area contributed by atoms with Gasteiger partial charge in [-0.25, -0.2) is 13.1 Å². The van der Waals surface area contributed by atoms with Crippen LogP contribution in [-0.2, 0) is 16.6 Å². The molecule has 0 spiro atoms. The van der Waals surface area contributed by atoms with Crippen LogP contribution < -0.4 is 4.72 Å². The molecule has 0 fully saturated rings. The Morgan fingerprint density at radius 1 is 1.43 bits per heavy atom. The summed E-state index contributed by atoms with van der Waals surface area (Å²) in [6, 6.07) is 3.57. The van der Waals surface area contributed by atoms with Crippen LogP contribution in [0.1, 0.15) is 25.4 Å². The first kappa shape index (κ1) is 11.3. The van der Waals surface area contributed by atoms with Gasteiger partial charge in [0.05, 0.1) is 11.8 Å². The Labute approximate surface area is 84.4 Å². The van der Waals surface area contributed by atoms with E-state index in [1.54, 1.807) is 26.0 Å². The molecule has 0 saturated heterocycles. The summed E-state index contributed by atoms with van der Waals surface area (Å²) in [4.78, 5) is 0. The van der Waals surface area contributed by atoms with Crippen LogP contribution in [0, 0.1) is 6.92 Å². The van der Waals surface area contributed by atoms with Crippen LogP contribution in [0.4, 0.5) is 0 Å². The standard InChI is InChI=1S/C9H15NO3S/c1-7(2)14(11,12)10-6-9-5-4-8(3)13-9/h4-5,7,10H,6H2,1-3H3. The Kier molecular flexibility index (Phi) is 3.34. The first-order chi connectivity index (χ1) is 6.42. The van der Waals surface area contributed by atoms with E-state index in [4.69, 9.17) is 4.42 Å². The van der Waals surface area contributed by atoms with Crippen LogP contribution in [0.15, 0.2) is 16.5 Å². The van der Waals surface area contributed by atoms with Crippen LogP contribution in [-0.4, -0.2) is 13.7 Å². The van der Waals surface area contributed by atoms with Crippen molar-refractivity contribution in [3.8, 4) is 0 Å². The fourth-order valence-corrected chi connectivity index (χ4v) is 1.60. The second-order valence-corrected chi connectivity index (χ2v) is 5.75. The maximum absolute atomic E-state index is 11.4. The van der Waals surface area contributed by atoms with Gasteiger partial charge in [-0.15, -0.1) is 0 Å². The Balaban J connectivity index is 2.57. The summed E-state index contributed by atoms with van der Waals surface area (Å²) in [6.07, 6.45) is 0. The average Bonchev–Trinajstić information content (AvgIpc) is 2.48. The molecule has 0 unspecified atom stereocenters. The molecule has 0 bridgehead atoms. The Morgan fingerprint density at radius 3 is 2.50 bits per heavy atom. The van der Waals surface area contributed by atoms with Crippen molar-refractivity contribution >= 4 is 10.0 Å². The van der Waals surface area contributed by atoms with Gasteiger partial charge in [0.25, 0.3) is 0 Å². The summed E-state index contributed by atoms with van der Waals surface area (Å²) in [5.41, 5.74) is 0. The van der Waals surface area contributed by atoms with Crippen molar-refractivity contribution in [3.05, 3.63) is 23.7 Å². The molecular weight excluding hydrogens is 202 g/mol. The largest absolute Gasteiger partial charge is 0.465 e. The van der Waals surface area contributed by atoms with Gasteiger partial charge < -0.3 is 4.42 Å². The molecule has 0 atom stereocenters. The molecule has 5 heteroatoms. The Hall–Kier alpha value is -0.810. The highest BCUT2D eigenvalue weighted by molar-refractivity contribution is 7.90. The monoisotopic (exact) mass is 217 g/mol. The zero-order valence-electron chi connectivity index (χ0n) is 8.57. The van der Waals surface area contributed by atoms with E-state index < -0.39 is 15.3 Å². The molecule has 14 heavy (non-hydrogen) atoms. The third-order valence-electron chi connectivity index (χ3n) is 1.86. The normalized spacial score (nSPS) is 12.3. The number of furan rings is 1. The molecule has 0 aliphatic heterocycles. The zero-order valence-corrected chi connectivity index (χ0v) is 9.39. The Morgan fingerprint density at radius 2 is 2.07 bits per heavy atom. The summed E-state index contributed by atoms with van der Waals surface area (Å²) in [6.45, 7) is 5.31. The second-order valence-electron chi connectivity index (χ2n) is 3.43. The number of sulfonamides is 1. The lowest BCUT2D eigenvalue weighted by atomic mass is 10.4. The number of aryl methyl sites for hydroxylation is 1. The van der Waals surface area contributed by atoms with Crippen LogP contribution in [0.2, 0.25) is 0 Å². The van der Waals surface area contributed by atoms with Crippen molar-refractivity contribution in [2.75, 3.05) is 0 Å². The van der Waals surface area contributed by atoms with E-state index in [9.17, 15) is 8.42 Å². The van der Waals surface area contributed by atoms with E-state index >= 15 is 0 Å². The lowest BCUT2D eigenvalue weighted by molar-refractivity contribution is 0.474. The molecule has 0 amide bonds. The predicted octanol–water partition coefficient (Wildman–Crippen LogP) is 1.42. The van der Waals surface area contributed by atoms with Crippen LogP contribution in [0.25, 0.3) is 0 Å². The second kappa shape index (κ2) is 4.14. The summed E-state index contributed by atoms with van der Waals surface area (Å²) < 4.78 is 30.4. The minimum atomic E-state index is -3.20. The SMILES string of the molecule is Cc1ccc(CNS(=O)(=O)C(C)C)o1. The molecule has 0 aliphatic carbocycles. The van der Waals surface area contributed by atoms with E-state index in [1.165, 1.54) is 0 Å². The van der Waals surface area contributed by atoms with Gasteiger partial charge in [-0.3, -0.25) is 0 Å². The Bertz CT molecular complexity index is 392. The fourth-order valence-electron chi connectivity index (χ4n) is 0.919. The molecular formula is C9H15NO3S. The van der Waals surface area contributed by atoms with E-state index in [0.717, 1.165) is 5.76 Å². The first-order valence-electron chi connectivity index (χ1n) is 4.45. The topological polar surface area (TPSA) is 59.3 Å². The van der Waals surface area contributed by atoms with Crippen LogP contribution in [0.3, 0.4) is 0 Å². The van der Waals surface area contributed by atoms with E-state index in [-0.39, 0.29) is 6.54 Å². The van der Waals surface area contributed by atoms with Crippen molar-refractivity contribution < 1.29 is 12.8 Å². The van der Waals surface area contributed by atoms with Crippen molar-refractivity contribution in [2.24, 2.45) is 0 Å². The molecule has 1 N–H and O–H groups in total. The summed E-state index contributed by atoms with van der Waals surface area (Å²) in [5.74, 6) is 1.41. The summed E-state index contributed by atoms with van der Waals surface area (Å²) in [5, 5.41) is -0.418. The van der Waals surface area contributed by atoms with Gasteiger partial charge in [0.2, 0.25) is 10.0 Å². The zero-order chi connectivity index (χ0) is 10.8. The van der Waals surface area contributed by atoms with E-state index in [2.05, 4.69) is 4.72 Å². The van der Waals surface area contributed by atoms with Gasteiger partial charge in [-0.1, -0.05) is 0 Å². The third-order valence-corrected chi connectivity index (χ3v) is 3.65. The molecule has 1 aromatic heterocycles. The van der Waals surface area contributed by atoms with Gasteiger partial charge >= 0.3 is 0 Å². The van der Waals surface area contributed by atoms with Crippen LogP contribution in [0.5, 0.6) is 0 Å². The molecule has 0 aromatic carbocycles.